The van der Waals surface area contributed by atoms with Crippen molar-refractivity contribution in [2.45, 2.75) is 9.79 Å². The van der Waals surface area contributed by atoms with Crippen LogP contribution in [0.1, 0.15) is 0 Å². The molecule has 6 nitrogen and oxygen atoms in total. The number of anilines is 1. The van der Waals surface area contributed by atoms with Crippen LogP contribution >= 0.6 is 0 Å². The van der Waals surface area contributed by atoms with Gasteiger partial charge in [0.2, 0.25) is 0 Å². The molecule has 0 spiro atoms. The molecule has 0 bridgehead atoms. The molecule has 0 amide bonds. The fourth-order valence-electron chi connectivity index (χ4n) is 1.86. The molecule has 0 unspecified atom stereocenters. The fraction of sp³-hybridized carbons (Fsp3) is 0. The van der Waals surface area contributed by atoms with Crippen molar-refractivity contribution >= 4 is 36.4 Å². The molecule has 2 aromatic rings. The van der Waals surface area contributed by atoms with Gasteiger partial charge in [0.1, 0.15) is 4.90 Å². The minimum atomic E-state index is -4.51. The lowest BCUT2D eigenvalue weighted by atomic mass is 10.1. The van der Waals surface area contributed by atoms with Crippen molar-refractivity contribution in [2.24, 2.45) is 0 Å². The van der Waals surface area contributed by atoms with Gasteiger partial charge in [0, 0.05) is 10.8 Å². The largest absolute Gasteiger partial charge is 0.398 e. The Balaban J connectivity index is 2.89. The molecular weight excluding hydrogens is 302 g/mol. The summed E-state index contributed by atoms with van der Waals surface area (Å²) in [5.74, 6) is 0. The van der Waals surface area contributed by atoms with Crippen LogP contribution in [0.15, 0.2) is 52.1 Å². The maximum absolute atomic E-state index is 11.7. The highest BCUT2D eigenvalue weighted by molar-refractivity contribution is 7.94. The predicted molar refractivity (Wildman–Crippen MR) is 75.6 cm³/mol. The van der Waals surface area contributed by atoms with Crippen LogP contribution in [0.25, 0.3) is 10.8 Å². The van der Waals surface area contributed by atoms with E-state index in [9.17, 15) is 21.4 Å². The van der Waals surface area contributed by atoms with Gasteiger partial charge in [-0.05, 0) is 23.6 Å². The first-order valence-corrected chi connectivity index (χ1v) is 8.33. The predicted octanol–water partition coefficient (Wildman–Crippen LogP) is 1.59. The number of nitrogen functional groups attached to an aromatic ring is 1. The number of benzene rings is 2. The van der Waals surface area contributed by atoms with E-state index in [1.807, 2.05) is 0 Å². The minimum absolute atomic E-state index is 0.0222. The minimum Gasteiger partial charge on any atom is -0.398 e. The number of hydrogen-bond donors (Lipinski definition) is 2. The van der Waals surface area contributed by atoms with Crippen LogP contribution in [0.4, 0.5) is 5.69 Å². The lowest BCUT2D eigenvalue weighted by molar-refractivity contribution is 0.484. The lowest BCUT2D eigenvalue weighted by Crippen LogP contribution is -2.04. The highest BCUT2D eigenvalue weighted by atomic mass is 32.2. The van der Waals surface area contributed by atoms with Crippen LogP contribution in [0, 0.1) is 0 Å². The Labute approximate surface area is 116 Å². The van der Waals surface area contributed by atoms with E-state index in [0.29, 0.717) is 5.39 Å². The average molecular weight is 313 g/mol. The fourth-order valence-corrected chi connectivity index (χ4v) is 3.43. The van der Waals surface area contributed by atoms with E-state index in [1.165, 1.54) is 30.3 Å². The molecule has 8 heteroatoms. The Bertz CT molecular complexity index is 914. The van der Waals surface area contributed by atoms with Crippen LogP contribution < -0.4 is 5.73 Å². The van der Waals surface area contributed by atoms with E-state index < -0.39 is 24.9 Å². The van der Waals surface area contributed by atoms with Gasteiger partial charge < -0.3 is 5.73 Å². The summed E-state index contributed by atoms with van der Waals surface area (Å²) in [6.45, 7) is 3.22. The molecule has 3 N–H and O–H groups in total. The maximum atomic E-state index is 11.7. The summed E-state index contributed by atoms with van der Waals surface area (Å²) in [7, 11) is -8.14. The molecule has 0 radical (unpaired) electrons. The SMILES string of the molecule is C=CS(=O)(=O)c1ccc2c(S(=O)(=O)O)c(N)ccc2c1. The summed E-state index contributed by atoms with van der Waals surface area (Å²) in [5, 5.41) is 1.28. The second kappa shape index (κ2) is 4.58. The van der Waals surface area contributed by atoms with Gasteiger partial charge in [0.05, 0.1) is 10.6 Å². The van der Waals surface area contributed by atoms with Crippen molar-refractivity contribution in [1.29, 1.82) is 0 Å². The van der Waals surface area contributed by atoms with Crippen molar-refractivity contribution in [3.63, 3.8) is 0 Å². The summed E-state index contributed by atoms with van der Waals surface area (Å²) in [4.78, 5) is -0.455. The molecule has 0 aliphatic carbocycles. The molecule has 2 aromatic carbocycles. The molecular formula is C12H11NO5S2. The van der Waals surface area contributed by atoms with E-state index in [2.05, 4.69) is 6.58 Å². The highest BCUT2D eigenvalue weighted by Gasteiger charge is 2.19. The first-order chi connectivity index (χ1) is 9.16. The van der Waals surface area contributed by atoms with Gasteiger partial charge in [0.25, 0.3) is 10.1 Å². The molecule has 0 atom stereocenters. The zero-order valence-electron chi connectivity index (χ0n) is 10.1. The van der Waals surface area contributed by atoms with Gasteiger partial charge in [-0.3, -0.25) is 4.55 Å². The summed E-state index contributed by atoms with van der Waals surface area (Å²) in [6.07, 6.45) is 0. The number of nitrogens with two attached hydrogens (primary N) is 1. The second-order valence-electron chi connectivity index (χ2n) is 4.05. The topological polar surface area (TPSA) is 115 Å². The van der Waals surface area contributed by atoms with Crippen LogP contribution in [0.5, 0.6) is 0 Å². The van der Waals surface area contributed by atoms with Gasteiger partial charge in [0.15, 0.2) is 9.84 Å². The lowest BCUT2D eigenvalue weighted by Gasteiger charge is -2.08. The molecule has 20 heavy (non-hydrogen) atoms. The third-order valence-electron chi connectivity index (χ3n) is 2.78. The normalized spacial score (nSPS) is 12.4. The molecule has 0 fully saturated rings. The van der Waals surface area contributed by atoms with Crippen molar-refractivity contribution in [1.82, 2.24) is 0 Å². The molecule has 0 aliphatic heterocycles. The monoisotopic (exact) mass is 313 g/mol. The van der Waals surface area contributed by atoms with Crippen LogP contribution in [0.2, 0.25) is 0 Å². The van der Waals surface area contributed by atoms with Gasteiger partial charge in [-0.1, -0.05) is 18.7 Å². The van der Waals surface area contributed by atoms with E-state index in [4.69, 9.17) is 5.73 Å². The van der Waals surface area contributed by atoms with E-state index in [0.717, 1.165) is 5.41 Å². The summed E-state index contributed by atoms with van der Waals surface area (Å²) < 4.78 is 55.3. The first-order valence-electron chi connectivity index (χ1n) is 5.34. The van der Waals surface area contributed by atoms with Crippen LogP contribution in [0.3, 0.4) is 0 Å². The molecule has 106 valence electrons. The summed E-state index contributed by atoms with van der Waals surface area (Å²) >= 11 is 0. The smallest absolute Gasteiger partial charge is 0.297 e. The van der Waals surface area contributed by atoms with Crippen molar-refractivity contribution < 1.29 is 21.4 Å². The number of sulfone groups is 1. The Morgan fingerprint density at radius 3 is 2.30 bits per heavy atom. The third-order valence-corrected chi connectivity index (χ3v) is 5.10. The maximum Gasteiger partial charge on any atom is 0.297 e. The third kappa shape index (κ3) is 2.40. The Hall–Kier alpha value is -1.90. The molecule has 0 saturated carbocycles. The van der Waals surface area contributed by atoms with E-state index >= 15 is 0 Å². The standard InChI is InChI=1S/C12H11NO5S2/c1-2-19(14,15)9-4-5-10-8(7-9)3-6-11(13)12(10)20(16,17)18/h2-7H,1,13H2,(H,16,17,18). The molecule has 0 saturated heterocycles. The highest BCUT2D eigenvalue weighted by Crippen LogP contribution is 2.30. The molecule has 0 aromatic heterocycles. The van der Waals surface area contributed by atoms with Gasteiger partial charge in [-0.25, -0.2) is 8.42 Å². The molecule has 0 heterocycles. The Kier molecular flexibility index (Phi) is 3.32. The quantitative estimate of drug-likeness (QED) is 0.657. The van der Waals surface area contributed by atoms with E-state index in [-0.39, 0.29) is 16.0 Å². The number of fused-ring (bicyclic) bond motifs is 1. The second-order valence-corrected chi connectivity index (χ2v) is 7.31. The first kappa shape index (κ1) is 14.5. The molecule has 2 rings (SSSR count). The summed E-state index contributed by atoms with van der Waals surface area (Å²) in [6, 6.07) is 6.57. The zero-order valence-corrected chi connectivity index (χ0v) is 11.8. The van der Waals surface area contributed by atoms with Gasteiger partial charge in [-0.2, -0.15) is 8.42 Å². The van der Waals surface area contributed by atoms with E-state index in [1.54, 1.807) is 0 Å². The van der Waals surface area contributed by atoms with Crippen molar-refractivity contribution in [3.8, 4) is 0 Å². The Morgan fingerprint density at radius 2 is 1.75 bits per heavy atom. The Morgan fingerprint density at radius 1 is 1.10 bits per heavy atom. The van der Waals surface area contributed by atoms with Crippen molar-refractivity contribution in [2.75, 3.05) is 5.73 Å². The summed E-state index contributed by atoms with van der Waals surface area (Å²) in [5.41, 5.74) is 5.44. The van der Waals surface area contributed by atoms with Crippen LogP contribution in [-0.4, -0.2) is 21.4 Å². The van der Waals surface area contributed by atoms with Gasteiger partial charge in [-0.15, -0.1) is 0 Å². The number of rotatable bonds is 3. The zero-order chi connectivity index (χ0) is 15.1. The van der Waals surface area contributed by atoms with Gasteiger partial charge >= 0.3 is 0 Å². The number of hydrogen-bond acceptors (Lipinski definition) is 5. The van der Waals surface area contributed by atoms with Crippen LogP contribution in [-0.2, 0) is 20.0 Å². The van der Waals surface area contributed by atoms with Crippen molar-refractivity contribution in [3.05, 3.63) is 42.3 Å². The average Bonchev–Trinajstić information content (AvgIpc) is 2.36. The molecule has 0 aliphatic rings.